The third kappa shape index (κ3) is 5.41. The normalized spacial score (nSPS) is 12.5. The van der Waals surface area contributed by atoms with Crippen LogP contribution in [0.15, 0.2) is 182 Å². The molecule has 0 fully saturated rings. The lowest BCUT2D eigenvalue weighted by Gasteiger charge is -2.16. The van der Waals surface area contributed by atoms with E-state index in [1.807, 2.05) is 0 Å². The summed E-state index contributed by atoms with van der Waals surface area (Å²) in [6.45, 7) is 0.819. The molecular weight excluding hydrogens is 705 g/mol. The van der Waals surface area contributed by atoms with Gasteiger partial charge in [-0.05, 0) is 104 Å². The number of pyridine rings is 3. The van der Waals surface area contributed by atoms with E-state index >= 15 is 0 Å². The molecule has 0 amide bonds. The monoisotopic (exact) mass is 738 g/mol. The third-order valence-corrected chi connectivity index (χ3v) is 11.8. The fraction of sp³-hybridized carbons (Fsp3) is 0.0185. The molecule has 58 heavy (non-hydrogen) atoms. The van der Waals surface area contributed by atoms with Gasteiger partial charge in [-0.3, -0.25) is 0 Å². The van der Waals surface area contributed by atoms with Gasteiger partial charge in [-0.1, -0.05) is 133 Å². The van der Waals surface area contributed by atoms with Crippen LogP contribution in [-0.4, -0.2) is 21.5 Å². The minimum atomic E-state index is 0.819. The molecule has 270 valence electrons. The molecule has 0 radical (unpaired) electrons. The van der Waals surface area contributed by atoms with Gasteiger partial charge in [0.25, 0.3) is 0 Å². The average Bonchev–Trinajstić information content (AvgIpc) is 3.30. The molecule has 0 atom stereocenters. The van der Waals surface area contributed by atoms with E-state index in [-0.39, 0.29) is 0 Å². The maximum absolute atomic E-state index is 5.19. The van der Waals surface area contributed by atoms with Crippen molar-refractivity contribution in [1.29, 1.82) is 0 Å². The van der Waals surface area contributed by atoms with E-state index < -0.39 is 0 Å². The summed E-state index contributed by atoms with van der Waals surface area (Å²) < 4.78 is 0. The van der Waals surface area contributed by atoms with Gasteiger partial charge in [-0.15, -0.1) is 0 Å². The smallest absolute Gasteiger partial charge is 0.0947 e. The van der Waals surface area contributed by atoms with Crippen molar-refractivity contribution in [3.63, 3.8) is 0 Å². The Bertz CT molecular complexity index is 3530. The molecule has 0 aliphatic carbocycles. The van der Waals surface area contributed by atoms with Crippen molar-refractivity contribution < 1.29 is 0 Å². The predicted molar refractivity (Wildman–Crippen MR) is 244 cm³/mol. The number of aromatic nitrogens is 3. The van der Waals surface area contributed by atoms with Crippen LogP contribution in [0, 0.1) is 0 Å². The summed E-state index contributed by atoms with van der Waals surface area (Å²) in [5.74, 6) is 0. The average molecular weight is 739 g/mol. The van der Waals surface area contributed by atoms with Crippen molar-refractivity contribution in [2.24, 2.45) is 0 Å². The molecule has 3 aromatic heterocycles. The predicted octanol–water partition coefficient (Wildman–Crippen LogP) is 13.9. The second-order valence-electron chi connectivity index (χ2n) is 15.3. The first-order chi connectivity index (χ1) is 28.7. The molecule has 11 aromatic rings. The Balaban J connectivity index is 0.851. The van der Waals surface area contributed by atoms with Gasteiger partial charge < -0.3 is 5.32 Å². The van der Waals surface area contributed by atoms with Crippen LogP contribution in [0.1, 0.15) is 5.56 Å². The summed E-state index contributed by atoms with van der Waals surface area (Å²) in [5.41, 5.74) is 13.8. The van der Waals surface area contributed by atoms with Crippen molar-refractivity contribution in [2.45, 2.75) is 0 Å². The van der Waals surface area contributed by atoms with Gasteiger partial charge >= 0.3 is 0 Å². The highest BCUT2D eigenvalue weighted by molar-refractivity contribution is 6.13. The van der Waals surface area contributed by atoms with Crippen molar-refractivity contribution >= 4 is 76.8 Å². The molecule has 4 heterocycles. The lowest BCUT2D eigenvalue weighted by molar-refractivity contribution is 1.30. The first kappa shape index (κ1) is 32.5. The van der Waals surface area contributed by atoms with E-state index in [1.54, 1.807) is 0 Å². The third-order valence-electron chi connectivity index (χ3n) is 11.8. The Morgan fingerprint density at radius 3 is 1.84 bits per heavy atom. The highest BCUT2D eigenvalue weighted by Gasteiger charge is 2.14. The number of nitrogens with one attached hydrogen (secondary N) is 1. The van der Waals surface area contributed by atoms with Crippen molar-refractivity contribution in [3.05, 3.63) is 188 Å². The highest BCUT2D eigenvalue weighted by Crippen LogP contribution is 2.37. The van der Waals surface area contributed by atoms with E-state index in [0.29, 0.717) is 0 Å². The maximum Gasteiger partial charge on any atom is 0.0947 e. The Hall–Kier alpha value is -7.69. The summed E-state index contributed by atoms with van der Waals surface area (Å²) in [6.07, 6.45) is 4.32. The number of anilines is 1. The van der Waals surface area contributed by atoms with E-state index in [2.05, 4.69) is 193 Å². The largest absolute Gasteiger partial charge is 0.379 e. The molecule has 0 unspecified atom stereocenters. The number of nitrogens with zero attached hydrogens (tertiary/aromatic N) is 3. The van der Waals surface area contributed by atoms with Crippen molar-refractivity contribution in [2.75, 3.05) is 11.9 Å². The topological polar surface area (TPSA) is 50.7 Å². The van der Waals surface area contributed by atoms with Crippen LogP contribution in [0.4, 0.5) is 5.69 Å². The van der Waals surface area contributed by atoms with Gasteiger partial charge in [0.05, 0.1) is 39.3 Å². The molecule has 4 heteroatoms. The molecule has 1 aliphatic heterocycles. The summed E-state index contributed by atoms with van der Waals surface area (Å²) in [7, 11) is 0. The first-order valence-corrected chi connectivity index (χ1v) is 19.8. The molecule has 8 aromatic carbocycles. The molecule has 0 saturated heterocycles. The molecule has 12 rings (SSSR count). The summed E-state index contributed by atoms with van der Waals surface area (Å²) in [4.78, 5) is 15.5. The van der Waals surface area contributed by atoms with Crippen LogP contribution in [0.5, 0.6) is 0 Å². The van der Waals surface area contributed by atoms with E-state index in [4.69, 9.17) is 15.0 Å². The Morgan fingerprint density at radius 2 is 0.983 bits per heavy atom. The molecular formula is C54H34N4. The molecule has 0 bridgehead atoms. The van der Waals surface area contributed by atoms with E-state index in [0.717, 1.165) is 89.8 Å². The Morgan fingerprint density at radius 1 is 0.379 bits per heavy atom. The van der Waals surface area contributed by atoms with Crippen molar-refractivity contribution in [1.82, 2.24) is 15.0 Å². The van der Waals surface area contributed by atoms with Crippen LogP contribution in [0.25, 0.3) is 116 Å². The fourth-order valence-electron chi connectivity index (χ4n) is 8.78. The molecule has 4 nitrogen and oxygen atoms in total. The minimum Gasteiger partial charge on any atom is -0.379 e. The number of fused-ring (bicyclic) bond motifs is 9. The molecule has 0 saturated carbocycles. The second kappa shape index (κ2) is 12.9. The van der Waals surface area contributed by atoms with Gasteiger partial charge in [0.1, 0.15) is 0 Å². The highest BCUT2D eigenvalue weighted by atomic mass is 14.9. The minimum absolute atomic E-state index is 0.819. The standard InChI is InChI=1S/C54H34N4/c1-2-8-44-40(6-1)31-47(46-10-4-3-9-45(44)46)51-26-22-43-30-38(21-25-48(43)56-51)39-14-11-33-19-23-49(57-52(33)32-39)41-17-15-37-29-42(18-16-36(37)28-41)50-24-20-35-13-12-34-7-5-27-55-53(34)54(35)58-50/h1-26,28-32,55H,27H2. The van der Waals surface area contributed by atoms with Crippen LogP contribution < -0.4 is 5.32 Å². The number of benzene rings is 8. The number of rotatable bonds is 4. The zero-order valence-electron chi connectivity index (χ0n) is 31.4. The number of hydrogen-bond donors (Lipinski definition) is 1. The zero-order chi connectivity index (χ0) is 38.2. The first-order valence-electron chi connectivity index (χ1n) is 19.8. The summed E-state index contributed by atoms with van der Waals surface area (Å²) in [5, 5.41) is 14.2. The van der Waals surface area contributed by atoms with Crippen LogP contribution >= 0.6 is 0 Å². The van der Waals surface area contributed by atoms with Gasteiger partial charge in [-0.2, -0.15) is 0 Å². The quantitative estimate of drug-likeness (QED) is 0.183. The Kier molecular flexibility index (Phi) is 7.26. The second-order valence-corrected chi connectivity index (χ2v) is 15.3. The SMILES string of the molecule is C1=Cc2ccc3ccc(-c4ccc5cc(-c6ccc7ccc(-c8ccc9nc(-c%10cc%11ccccc%11c%11ccccc%10%11)ccc9c8)cc7n6)ccc5c4)nc3c2NC1. The van der Waals surface area contributed by atoms with Gasteiger partial charge in [0.15, 0.2) is 0 Å². The van der Waals surface area contributed by atoms with E-state index in [9.17, 15) is 0 Å². The van der Waals surface area contributed by atoms with Crippen molar-refractivity contribution in [3.8, 4) is 44.9 Å². The van der Waals surface area contributed by atoms with E-state index in [1.165, 1.54) is 37.9 Å². The maximum atomic E-state index is 5.19. The van der Waals surface area contributed by atoms with Crippen LogP contribution in [0.3, 0.4) is 0 Å². The lowest BCUT2D eigenvalue weighted by Crippen LogP contribution is -2.05. The Labute approximate surface area is 334 Å². The van der Waals surface area contributed by atoms with Gasteiger partial charge in [0.2, 0.25) is 0 Å². The summed E-state index contributed by atoms with van der Waals surface area (Å²) >= 11 is 0. The van der Waals surface area contributed by atoms with Crippen LogP contribution in [-0.2, 0) is 0 Å². The zero-order valence-corrected chi connectivity index (χ0v) is 31.4. The van der Waals surface area contributed by atoms with Crippen LogP contribution in [0.2, 0.25) is 0 Å². The van der Waals surface area contributed by atoms with Gasteiger partial charge in [-0.25, -0.2) is 15.0 Å². The lowest BCUT2D eigenvalue weighted by atomic mass is 9.95. The number of hydrogen-bond acceptors (Lipinski definition) is 4. The fourth-order valence-corrected chi connectivity index (χ4v) is 8.78. The summed E-state index contributed by atoms with van der Waals surface area (Å²) in [6, 6.07) is 63.1. The molecule has 0 spiro atoms. The van der Waals surface area contributed by atoms with Gasteiger partial charge in [0, 0.05) is 39.4 Å². The molecule has 1 aliphatic rings. The molecule has 1 N–H and O–H groups in total.